The number of nitrogens with zero attached hydrogens (tertiary/aromatic N) is 2. The van der Waals surface area contributed by atoms with Gasteiger partial charge in [0.2, 0.25) is 11.8 Å². The van der Waals surface area contributed by atoms with Crippen molar-refractivity contribution in [3.63, 3.8) is 0 Å². The molecule has 0 spiro atoms. The number of para-hydroxylation sites is 1. The molecule has 5 rings (SSSR count). The second kappa shape index (κ2) is 3.99. The number of rotatable bonds is 1. The Hall–Kier alpha value is -1.79. The number of thiazole rings is 1. The summed E-state index contributed by atoms with van der Waals surface area (Å²) in [6.45, 7) is 3.79. The zero-order valence-electron chi connectivity index (χ0n) is 12.9. The Balaban J connectivity index is 1.68. The van der Waals surface area contributed by atoms with Gasteiger partial charge in [-0.3, -0.25) is 9.59 Å². The average molecular weight is 328 g/mol. The van der Waals surface area contributed by atoms with Crippen LogP contribution in [0.3, 0.4) is 0 Å². The molecule has 3 aliphatic heterocycles. The summed E-state index contributed by atoms with van der Waals surface area (Å²) in [5.41, 5.74) is -0.727. The van der Waals surface area contributed by atoms with Crippen LogP contribution in [0, 0.1) is 10.8 Å². The van der Waals surface area contributed by atoms with Crippen LogP contribution >= 0.6 is 11.3 Å². The van der Waals surface area contributed by atoms with Crippen LogP contribution in [0.15, 0.2) is 24.3 Å². The molecule has 0 N–H and O–H groups in total. The first kappa shape index (κ1) is 13.6. The highest BCUT2D eigenvalue weighted by Gasteiger charge is 2.77. The van der Waals surface area contributed by atoms with E-state index >= 15 is 0 Å². The fourth-order valence-electron chi connectivity index (χ4n) is 4.56. The fourth-order valence-corrected chi connectivity index (χ4v) is 5.52. The molecular weight excluding hydrogens is 312 g/mol. The molecule has 1 aromatic heterocycles. The molecule has 118 valence electrons. The van der Waals surface area contributed by atoms with E-state index in [0.29, 0.717) is 5.13 Å². The van der Waals surface area contributed by atoms with E-state index in [4.69, 9.17) is 4.74 Å². The molecule has 6 heteroatoms. The van der Waals surface area contributed by atoms with Crippen molar-refractivity contribution >= 4 is 38.5 Å². The minimum Gasteiger partial charge on any atom is -0.373 e. The maximum atomic E-state index is 13.2. The van der Waals surface area contributed by atoms with Gasteiger partial charge in [-0.05, 0) is 38.8 Å². The van der Waals surface area contributed by atoms with Crippen LogP contribution in [-0.2, 0) is 14.3 Å². The molecule has 5 nitrogen and oxygen atoms in total. The largest absolute Gasteiger partial charge is 0.373 e. The van der Waals surface area contributed by atoms with Gasteiger partial charge in [0, 0.05) is 0 Å². The predicted octanol–water partition coefficient (Wildman–Crippen LogP) is 2.74. The molecule has 1 aromatic carbocycles. The SMILES string of the molecule is C[C@@]12C(=O)N(c3nc4ccccc4s3)C(=O)[C@]1(C)[C@H]1CC[C@@H]2O1. The van der Waals surface area contributed by atoms with E-state index in [0.717, 1.165) is 23.1 Å². The summed E-state index contributed by atoms with van der Waals surface area (Å²) in [5, 5.41) is 0.484. The molecule has 3 aliphatic rings. The van der Waals surface area contributed by atoms with Crippen LogP contribution < -0.4 is 4.90 Å². The van der Waals surface area contributed by atoms with Crippen LogP contribution in [0.5, 0.6) is 0 Å². The van der Waals surface area contributed by atoms with Crippen molar-refractivity contribution in [2.75, 3.05) is 4.90 Å². The molecule has 2 amide bonds. The van der Waals surface area contributed by atoms with Crippen LogP contribution in [-0.4, -0.2) is 29.0 Å². The maximum absolute atomic E-state index is 13.2. The van der Waals surface area contributed by atoms with E-state index in [1.807, 2.05) is 38.1 Å². The number of benzene rings is 1. The van der Waals surface area contributed by atoms with Gasteiger partial charge in [-0.2, -0.15) is 0 Å². The van der Waals surface area contributed by atoms with E-state index in [9.17, 15) is 9.59 Å². The van der Waals surface area contributed by atoms with Crippen molar-refractivity contribution in [3.05, 3.63) is 24.3 Å². The van der Waals surface area contributed by atoms with Crippen molar-refractivity contribution in [1.29, 1.82) is 0 Å². The normalized spacial score (nSPS) is 38.8. The first-order chi connectivity index (χ1) is 11.0. The minimum absolute atomic E-state index is 0.156. The third kappa shape index (κ3) is 1.32. The molecule has 0 saturated carbocycles. The lowest BCUT2D eigenvalue weighted by Gasteiger charge is -2.36. The van der Waals surface area contributed by atoms with Crippen LogP contribution in [0.2, 0.25) is 0 Å². The summed E-state index contributed by atoms with van der Waals surface area (Å²) in [4.78, 5) is 32.2. The lowest BCUT2D eigenvalue weighted by atomic mass is 9.59. The molecule has 4 heterocycles. The Morgan fingerprint density at radius 3 is 2.35 bits per heavy atom. The number of fused-ring (bicyclic) bond motifs is 6. The van der Waals surface area contributed by atoms with E-state index in [2.05, 4.69) is 4.98 Å². The summed E-state index contributed by atoms with van der Waals surface area (Å²) in [5.74, 6) is -0.312. The summed E-state index contributed by atoms with van der Waals surface area (Å²) >= 11 is 1.39. The molecule has 0 aliphatic carbocycles. The molecule has 3 fully saturated rings. The molecule has 23 heavy (non-hydrogen) atoms. The molecule has 3 saturated heterocycles. The highest BCUT2D eigenvalue weighted by atomic mass is 32.1. The Morgan fingerprint density at radius 2 is 1.74 bits per heavy atom. The number of hydrogen-bond donors (Lipinski definition) is 0. The monoisotopic (exact) mass is 328 g/mol. The van der Waals surface area contributed by atoms with Crippen molar-refractivity contribution in [1.82, 2.24) is 4.98 Å². The van der Waals surface area contributed by atoms with Crippen LogP contribution in [0.1, 0.15) is 26.7 Å². The van der Waals surface area contributed by atoms with Gasteiger partial charge in [-0.1, -0.05) is 23.5 Å². The highest BCUT2D eigenvalue weighted by Crippen LogP contribution is 2.64. The topological polar surface area (TPSA) is 59.5 Å². The number of carbonyl (C=O) groups excluding carboxylic acids is 2. The number of amides is 2. The molecule has 0 radical (unpaired) electrons. The Kier molecular flexibility index (Phi) is 2.37. The number of imide groups is 1. The van der Waals surface area contributed by atoms with E-state index in [1.165, 1.54) is 16.2 Å². The second-order valence-corrected chi connectivity index (χ2v) is 8.01. The average Bonchev–Trinajstić information content (AvgIpc) is 3.25. The summed E-state index contributed by atoms with van der Waals surface area (Å²) < 4.78 is 6.93. The molecular formula is C17H16N2O3S. The van der Waals surface area contributed by atoms with Gasteiger partial charge in [0.25, 0.3) is 0 Å². The number of ether oxygens (including phenoxy) is 1. The summed E-state index contributed by atoms with van der Waals surface area (Å²) in [7, 11) is 0. The zero-order chi connectivity index (χ0) is 16.0. The molecule has 2 bridgehead atoms. The van der Waals surface area contributed by atoms with Gasteiger partial charge in [0.05, 0.1) is 33.3 Å². The number of hydrogen-bond acceptors (Lipinski definition) is 5. The van der Waals surface area contributed by atoms with Gasteiger partial charge in [-0.25, -0.2) is 9.88 Å². The van der Waals surface area contributed by atoms with Crippen molar-refractivity contribution in [2.45, 2.75) is 38.9 Å². The third-order valence-electron chi connectivity index (χ3n) is 6.15. The van der Waals surface area contributed by atoms with E-state index in [1.54, 1.807) is 0 Å². The van der Waals surface area contributed by atoms with Crippen molar-refractivity contribution in [2.24, 2.45) is 10.8 Å². The first-order valence-corrected chi connectivity index (χ1v) is 8.69. The standard InChI is InChI=1S/C17H16N2O3S/c1-16-11-7-8-12(22-11)17(16,2)14(21)19(13(16)20)15-18-9-5-3-4-6-10(9)23-15/h3-6,11-12H,7-8H2,1-2H3/t11-,12+,16+,17-. The molecule has 0 unspecified atom stereocenters. The van der Waals surface area contributed by atoms with Gasteiger partial charge < -0.3 is 4.74 Å². The summed E-state index contributed by atoms with van der Waals surface area (Å²) in [6.07, 6.45) is 1.38. The second-order valence-electron chi connectivity index (χ2n) is 7.01. The van der Waals surface area contributed by atoms with Gasteiger partial charge >= 0.3 is 0 Å². The maximum Gasteiger partial charge on any atom is 0.245 e. The minimum atomic E-state index is -0.773. The lowest BCUT2D eigenvalue weighted by molar-refractivity contribution is -0.132. The van der Waals surface area contributed by atoms with Crippen molar-refractivity contribution < 1.29 is 14.3 Å². The van der Waals surface area contributed by atoms with Crippen LogP contribution in [0.25, 0.3) is 10.2 Å². The zero-order valence-corrected chi connectivity index (χ0v) is 13.7. The highest BCUT2D eigenvalue weighted by molar-refractivity contribution is 7.22. The predicted molar refractivity (Wildman–Crippen MR) is 86.2 cm³/mol. The Labute approximate surface area is 137 Å². The van der Waals surface area contributed by atoms with Crippen LogP contribution in [0.4, 0.5) is 5.13 Å². The number of aromatic nitrogens is 1. The Morgan fingerprint density at radius 1 is 1.13 bits per heavy atom. The van der Waals surface area contributed by atoms with E-state index < -0.39 is 10.8 Å². The van der Waals surface area contributed by atoms with Crippen molar-refractivity contribution in [3.8, 4) is 0 Å². The molecule has 4 atom stereocenters. The fraction of sp³-hybridized carbons (Fsp3) is 0.471. The lowest BCUT2D eigenvalue weighted by Crippen LogP contribution is -2.48. The van der Waals surface area contributed by atoms with E-state index in [-0.39, 0.29) is 24.0 Å². The van der Waals surface area contributed by atoms with Gasteiger partial charge in [0.15, 0.2) is 5.13 Å². The number of carbonyl (C=O) groups is 2. The molecule has 2 aromatic rings. The van der Waals surface area contributed by atoms with Gasteiger partial charge in [0.1, 0.15) is 0 Å². The Bertz CT molecular complexity index is 811. The van der Waals surface area contributed by atoms with Gasteiger partial charge in [-0.15, -0.1) is 0 Å². The third-order valence-corrected chi connectivity index (χ3v) is 7.18. The number of anilines is 1. The first-order valence-electron chi connectivity index (χ1n) is 7.88. The summed E-state index contributed by atoms with van der Waals surface area (Å²) in [6, 6.07) is 7.70. The quantitative estimate of drug-likeness (QED) is 0.755. The smallest absolute Gasteiger partial charge is 0.245 e.